The zero-order chi connectivity index (χ0) is 12.0. The Morgan fingerprint density at radius 1 is 1.56 bits per heavy atom. The van der Waals surface area contributed by atoms with Crippen LogP contribution in [0.1, 0.15) is 0 Å². The summed E-state index contributed by atoms with van der Waals surface area (Å²) in [5.74, 6) is 0. The van der Waals surface area contributed by atoms with Crippen molar-refractivity contribution in [2.24, 2.45) is 10.2 Å². The Morgan fingerprint density at radius 3 is 2.88 bits per heavy atom. The van der Waals surface area contributed by atoms with Gasteiger partial charge in [-0.1, -0.05) is 5.04 Å². The Hall–Kier alpha value is -1.55. The molecule has 0 amide bonds. The summed E-state index contributed by atoms with van der Waals surface area (Å²) in [4.78, 5) is 10.3. The van der Waals surface area contributed by atoms with Crippen LogP contribution in [0.5, 0.6) is 0 Å². The minimum absolute atomic E-state index is 0.126. The number of benzene rings is 1. The van der Waals surface area contributed by atoms with E-state index >= 15 is 0 Å². The van der Waals surface area contributed by atoms with Crippen molar-refractivity contribution in [3.05, 3.63) is 28.3 Å². The second-order valence-corrected chi connectivity index (χ2v) is 3.18. The predicted molar refractivity (Wildman–Crippen MR) is 54.2 cm³/mol. The topological polar surface area (TPSA) is 107 Å². The van der Waals surface area contributed by atoms with E-state index in [2.05, 4.69) is 19.6 Å². The molecule has 1 aromatic carbocycles. The van der Waals surface area contributed by atoms with Crippen molar-refractivity contribution in [2.75, 3.05) is 7.05 Å². The van der Waals surface area contributed by atoms with Gasteiger partial charge in [-0.15, -0.1) is 4.33 Å². The molecule has 0 atom stereocenters. The molecule has 0 saturated carbocycles. The van der Waals surface area contributed by atoms with Crippen molar-refractivity contribution in [3.8, 4) is 0 Å². The summed E-state index contributed by atoms with van der Waals surface area (Å²) >= 11 is 0.588. The molecule has 0 aliphatic heterocycles. The highest BCUT2D eigenvalue weighted by molar-refractivity contribution is 7.94. The Labute approximate surface area is 94.1 Å². The Balaban J connectivity index is 3.05. The zero-order valence-electron chi connectivity index (χ0n) is 8.06. The van der Waals surface area contributed by atoms with Crippen LogP contribution < -0.4 is 0 Å². The highest BCUT2D eigenvalue weighted by Crippen LogP contribution is 2.33. The predicted octanol–water partition coefficient (Wildman–Crippen LogP) is 2.74. The maximum absolute atomic E-state index is 10.5. The monoisotopic (exact) mass is 245 g/mol. The van der Waals surface area contributed by atoms with Crippen LogP contribution >= 0.6 is 12.0 Å². The largest absolute Gasteiger partial charge is 0.270 e. The molecule has 9 heteroatoms. The maximum atomic E-state index is 10.5. The number of hydrogen-bond donors (Lipinski definition) is 1. The number of nitro groups is 1. The van der Waals surface area contributed by atoms with Crippen molar-refractivity contribution in [1.29, 1.82) is 0 Å². The molecule has 0 fully saturated rings. The SMILES string of the molecule is CN=Nc1ccc([N+](=O)[O-])cc1SOOO. The summed E-state index contributed by atoms with van der Waals surface area (Å²) in [5.41, 5.74) is 0.245. The van der Waals surface area contributed by atoms with E-state index in [1.165, 1.54) is 25.2 Å². The fourth-order valence-electron chi connectivity index (χ4n) is 0.925. The number of nitrogens with zero attached hydrogens (tertiary/aromatic N) is 3. The Kier molecular flexibility index (Phi) is 4.79. The van der Waals surface area contributed by atoms with Crippen molar-refractivity contribution < 1.29 is 19.6 Å². The van der Waals surface area contributed by atoms with E-state index in [9.17, 15) is 10.1 Å². The first-order valence-electron chi connectivity index (χ1n) is 3.92. The van der Waals surface area contributed by atoms with Gasteiger partial charge in [-0.3, -0.25) is 10.1 Å². The van der Waals surface area contributed by atoms with Crippen LogP contribution in [0, 0.1) is 10.1 Å². The third kappa shape index (κ3) is 3.24. The first-order chi connectivity index (χ1) is 7.69. The molecule has 0 radical (unpaired) electrons. The van der Waals surface area contributed by atoms with Gasteiger partial charge in [0.15, 0.2) is 0 Å². The van der Waals surface area contributed by atoms with Gasteiger partial charge in [0, 0.05) is 19.2 Å². The van der Waals surface area contributed by atoms with Crippen LogP contribution in [0.2, 0.25) is 0 Å². The Morgan fingerprint density at radius 2 is 2.31 bits per heavy atom. The molecule has 8 nitrogen and oxygen atoms in total. The third-order valence-corrected chi connectivity index (χ3v) is 2.15. The first kappa shape index (κ1) is 12.5. The van der Waals surface area contributed by atoms with E-state index in [1.807, 2.05) is 0 Å². The number of nitro benzene ring substituents is 1. The van der Waals surface area contributed by atoms with Crippen molar-refractivity contribution in [2.45, 2.75) is 4.90 Å². The molecule has 0 aliphatic carbocycles. The smallest absolute Gasteiger partial charge is 0.258 e. The molecule has 0 saturated heterocycles. The van der Waals surface area contributed by atoms with E-state index in [1.54, 1.807) is 0 Å². The number of non-ortho nitro benzene ring substituents is 1. The summed E-state index contributed by atoms with van der Waals surface area (Å²) in [6, 6.07) is 3.93. The quantitative estimate of drug-likeness (QED) is 0.281. The highest BCUT2D eigenvalue weighted by atomic mass is 32.2. The lowest BCUT2D eigenvalue weighted by Gasteiger charge is -2.01. The molecule has 0 spiro atoms. The number of azo groups is 1. The third-order valence-electron chi connectivity index (χ3n) is 1.52. The van der Waals surface area contributed by atoms with Crippen LogP contribution in [-0.2, 0) is 9.37 Å². The molecule has 86 valence electrons. The van der Waals surface area contributed by atoms with Crippen molar-refractivity contribution in [3.63, 3.8) is 0 Å². The summed E-state index contributed by atoms with van der Waals surface area (Å²) in [7, 11) is 1.46. The maximum Gasteiger partial charge on any atom is 0.270 e. The number of hydrogen-bond acceptors (Lipinski definition) is 8. The van der Waals surface area contributed by atoms with Gasteiger partial charge >= 0.3 is 0 Å². The van der Waals surface area contributed by atoms with Crippen molar-refractivity contribution in [1.82, 2.24) is 0 Å². The van der Waals surface area contributed by atoms with Gasteiger partial charge in [-0.05, 0) is 6.07 Å². The van der Waals surface area contributed by atoms with Gasteiger partial charge in [-0.25, -0.2) is 5.26 Å². The summed E-state index contributed by atoms with van der Waals surface area (Å²) < 4.78 is 4.19. The second kappa shape index (κ2) is 6.12. The van der Waals surface area contributed by atoms with E-state index in [0.717, 1.165) is 0 Å². The van der Waals surface area contributed by atoms with E-state index in [4.69, 9.17) is 5.26 Å². The highest BCUT2D eigenvalue weighted by Gasteiger charge is 2.12. The van der Waals surface area contributed by atoms with Crippen LogP contribution in [0.3, 0.4) is 0 Å². The van der Waals surface area contributed by atoms with Gasteiger partial charge in [0.25, 0.3) is 5.69 Å². The van der Waals surface area contributed by atoms with Crippen LogP contribution in [0.4, 0.5) is 11.4 Å². The van der Waals surface area contributed by atoms with Gasteiger partial charge in [0.05, 0.1) is 21.9 Å². The molecule has 1 rings (SSSR count). The van der Waals surface area contributed by atoms with Crippen LogP contribution in [0.25, 0.3) is 0 Å². The van der Waals surface area contributed by atoms with Gasteiger partial charge in [0.1, 0.15) is 5.69 Å². The van der Waals surface area contributed by atoms with Gasteiger partial charge in [0.2, 0.25) is 0 Å². The first-order valence-corrected chi connectivity index (χ1v) is 4.66. The van der Waals surface area contributed by atoms with Crippen molar-refractivity contribution >= 4 is 23.4 Å². The standard InChI is InChI=1S/C7H7N3O5S/c1-8-9-6-3-2-5(10(11)12)4-7(6)16-15-14-13/h2-4,13H,1H3. The summed E-state index contributed by atoms with van der Waals surface area (Å²) in [5, 5.41) is 29.2. The zero-order valence-corrected chi connectivity index (χ0v) is 8.88. The molecule has 1 aromatic rings. The second-order valence-electron chi connectivity index (χ2n) is 2.44. The fourth-order valence-corrected chi connectivity index (χ4v) is 1.39. The molecule has 16 heavy (non-hydrogen) atoms. The average molecular weight is 245 g/mol. The Bertz CT molecular complexity index is 411. The molecule has 0 aromatic heterocycles. The lowest BCUT2D eigenvalue weighted by atomic mass is 10.3. The lowest BCUT2D eigenvalue weighted by molar-refractivity contribution is -0.432. The minimum atomic E-state index is -0.559. The lowest BCUT2D eigenvalue weighted by Crippen LogP contribution is -1.88. The molecular formula is C7H7N3O5S. The van der Waals surface area contributed by atoms with E-state index < -0.39 is 4.92 Å². The van der Waals surface area contributed by atoms with Crippen LogP contribution in [0.15, 0.2) is 33.3 Å². The van der Waals surface area contributed by atoms with E-state index in [0.29, 0.717) is 22.6 Å². The van der Waals surface area contributed by atoms with Crippen LogP contribution in [-0.4, -0.2) is 17.2 Å². The molecule has 1 N–H and O–H groups in total. The average Bonchev–Trinajstić information content (AvgIpc) is 2.27. The summed E-state index contributed by atoms with van der Waals surface area (Å²) in [6.07, 6.45) is 0. The molecule has 0 aliphatic rings. The number of rotatable bonds is 5. The van der Waals surface area contributed by atoms with E-state index in [-0.39, 0.29) is 5.69 Å². The molecule has 0 bridgehead atoms. The fraction of sp³-hybridized carbons (Fsp3) is 0.143. The molecular weight excluding hydrogens is 238 g/mol. The minimum Gasteiger partial charge on any atom is -0.258 e. The molecule has 0 unspecified atom stereocenters. The normalized spacial score (nSPS) is 10.9. The molecule has 0 heterocycles. The summed E-state index contributed by atoms with van der Waals surface area (Å²) in [6.45, 7) is 0. The van der Waals surface area contributed by atoms with Gasteiger partial charge in [-0.2, -0.15) is 10.2 Å². The van der Waals surface area contributed by atoms with Gasteiger partial charge < -0.3 is 0 Å².